The van der Waals surface area contributed by atoms with Crippen LogP contribution in [0.2, 0.25) is 5.15 Å². The summed E-state index contributed by atoms with van der Waals surface area (Å²) in [4.78, 5) is 25.6. The third-order valence-corrected chi connectivity index (χ3v) is 5.18. The van der Waals surface area contributed by atoms with Crippen molar-refractivity contribution in [3.05, 3.63) is 63.6 Å². The summed E-state index contributed by atoms with van der Waals surface area (Å²) >= 11 is 7.19. The first-order chi connectivity index (χ1) is 13.3. The molecule has 2 aromatic heterocycles. The molecule has 0 saturated carbocycles. The Morgan fingerprint density at radius 3 is 2.75 bits per heavy atom. The number of thiazole rings is 1. The van der Waals surface area contributed by atoms with E-state index in [0.29, 0.717) is 33.3 Å². The number of hydrogen-bond donors (Lipinski definition) is 2. The lowest BCUT2D eigenvalue weighted by Crippen LogP contribution is -2.25. The summed E-state index contributed by atoms with van der Waals surface area (Å²) in [5.74, 6) is 0.918. The van der Waals surface area contributed by atoms with Crippen molar-refractivity contribution >= 4 is 39.8 Å². The maximum atomic E-state index is 12.5. The van der Waals surface area contributed by atoms with Gasteiger partial charge in [0.15, 0.2) is 5.13 Å². The predicted molar refractivity (Wildman–Crippen MR) is 116 cm³/mol. The van der Waals surface area contributed by atoms with Gasteiger partial charge in [-0.05, 0) is 39.7 Å². The number of hydrogen-bond acceptors (Lipinski definition) is 6. The van der Waals surface area contributed by atoms with E-state index in [-0.39, 0.29) is 5.91 Å². The number of halogens is 1. The normalized spacial score (nSPS) is 12.4. The number of carbonyl (C=O) groups excluding carboxylic acids is 1. The minimum Gasteiger partial charge on any atom is -0.347 e. The van der Waals surface area contributed by atoms with Crippen LogP contribution in [0.5, 0.6) is 0 Å². The molecule has 0 radical (unpaired) electrons. The van der Waals surface area contributed by atoms with Gasteiger partial charge in [0.05, 0.1) is 6.20 Å². The standard InChI is InChI=1S/C20H24ClN5OS/c1-6-8-13(4)15(12(3)7-2)10-22-19(27)16-11-23-20(28-16)26-18-9-17(21)24-14(5)25-18/h6-7,9,11H,1,8,10H2,2-5H3,(H,22,27)(H,23,24,25,26)/b12-7-,15-13-. The minimum atomic E-state index is -0.171. The van der Waals surface area contributed by atoms with Gasteiger partial charge >= 0.3 is 0 Å². The Bertz CT molecular complexity index is 912. The zero-order chi connectivity index (χ0) is 20.7. The summed E-state index contributed by atoms with van der Waals surface area (Å²) < 4.78 is 0. The van der Waals surface area contributed by atoms with Gasteiger partial charge < -0.3 is 10.6 Å². The summed E-state index contributed by atoms with van der Waals surface area (Å²) in [5, 5.41) is 6.93. The largest absolute Gasteiger partial charge is 0.347 e. The van der Waals surface area contributed by atoms with Gasteiger partial charge in [0.2, 0.25) is 0 Å². The van der Waals surface area contributed by atoms with Crippen molar-refractivity contribution in [1.82, 2.24) is 20.3 Å². The van der Waals surface area contributed by atoms with Gasteiger partial charge in [-0.2, -0.15) is 0 Å². The highest BCUT2D eigenvalue weighted by atomic mass is 35.5. The lowest BCUT2D eigenvalue weighted by atomic mass is 9.99. The highest BCUT2D eigenvalue weighted by molar-refractivity contribution is 7.17. The zero-order valence-electron chi connectivity index (χ0n) is 16.5. The second-order valence-electron chi connectivity index (χ2n) is 6.18. The fourth-order valence-electron chi connectivity index (χ4n) is 2.54. The van der Waals surface area contributed by atoms with Gasteiger partial charge in [-0.1, -0.05) is 46.2 Å². The Labute approximate surface area is 174 Å². The van der Waals surface area contributed by atoms with Crippen LogP contribution < -0.4 is 10.6 Å². The van der Waals surface area contributed by atoms with E-state index in [1.165, 1.54) is 16.9 Å². The van der Waals surface area contributed by atoms with Crippen LogP contribution in [0.25, 0.3) is 0 Å². The molecule has 0 fully saturated rings. The van der Waals surface area contributed by atoms with Crippen molar-refractivity contribution in [1.29, 1.82) is 0 Å². The molecule has 0 spiro atoms. The maximum absolute atomic E-state index is 12.5. The molecular weight excluding hydrogens is 394 g/mol. The first kappa shape index (κ1) is 21.8. The van der Waals surface area contributed by atoms with E-state index in [0.717, 1.165) is 17.6 Å². The second kappa shape index (κ2) is 10.1. The second-order valence-corrected chi connectivity index (χ2v) is 7.60. The number of carbonyl (C=O) groups is 1. The van der Waals surface area contributed by atoms with Crippen molar-refractivity contribution in [3.63, 3.8) is 0 Å². The average Bonchev–Trinajstić information content (AvgIpc) is 3.09. The Balaban J connectivity index is 2.07. The molecule has 0 aliphatic carbocycles. The van der Waals surface area contributed by atoms with Crippen LogP contribution in [0.15, 0.2) is 47.7 Å². The van der Waals surface area contributed by atoms with Gasteiger partial charge in [-0.15, -0.1) is 6.58 Å². The number of nitrogens with zero attached hydrogens (tertiary/aromatic N) is 3. The summed E-state index contributed by atoms with van der Waals surface area (Å²) in [6.07, 6.45) is 6.23. The molecule has 2 heterocycles. The summed E-state index contributed by atoms with van der Waals surface area (Å²) in [7, 11) is 0. The van der Waals surface area contributed by atoms with Crippen LogP contribution in [0.4, 0.5) is 10.9 Å². The first-order valence-corrected chi connectivity index (χ1v) is 9.98. The molecule has 0 aliphatic rings. The van der Waals surface area contributed by atoms with Crippen LogP contribution in [0, 0.1) is 6.92 Å². The number of allylic oxidation sites excluding steroid dienone is 3. The van der Waals surface area contributed by atoms with E-state index in [1.54, 1.807) is 19.2 Å². The van der Waals surface area contributed by atoms with Crippen molar-refractivity contribution in [3.8, 4) is 0 Å². The van der Waals surface area contributed by atoms with Crippen LogP contribution in [-0.4, -0.2) is 27.4 Å². The molecule has 0 bridgehead atoms. The molecule has 0 aliphatic heterocycles. The van der Waals surface area contributed by atoms with Crippen molar-refractivity contribution < 1.29 is 4.79 Å². The molecule has 8 heteroatoms. The van der Waals surface area contributed by atoms with E-state index in [4.69, 9.17) is 11.6 Å². The van der Waals surface area contributed by atoms with Crippen LogP contribution in [0.3, 0.4) is 0 Å². The highest BCUT2D eigenvalue weighted by Gasteiger charge is 2.13. The maximum Gasteiger partial charge on any atom is 0.263 e. The van der Waals surface area contributed by atoms with E-state index in [9.17, 15) is 4.79 Å². The van der Waals surface area contributed by atoms with Crippen LogP contribution in [-0.2, 0) is 0 Å². The average molecular weight is 418 g/mol. The fraction of sp³-hybridized carbons (Fsp3) is 0.300. The molecule has 28 heavy (non-hydrogen) atoms. The van der Waals surface area contributed by atoms with Crippen molar-refractivity contribution in [2.75, 3.05) is 11.9 Å². The summed E-state index contributed by atoms with van der Waals surface area (Å²) in [6, 6.07) is 1.61. The molecule has 2 N–H and O–H groups in total. The molecule has 0 atom stereocenters. The van der Waals surface area contributed by atoms with Gasteiger partial charge in [0.1, 0.15) is 21.7 Å². The summed E-state index contributed by atoms with van der Waals surface area (Å²) in [5.41, 5.74) is 3.45. The minimum absolute atomic E-state index is 0.171. The number of aromatic nitrogens is 3. The molecule has 0 saturated heterocycles. The first-order valence-electron chi connectivity index (χ1n) is 8.79. The predicted octanol–water partition coefficient (Wildman–Crippen LogP) is 5.23. The Morgan fingerprint density at radius 2 is 2.11 bits per heavy atom. The van der Waals surface area contributed by atoms with E-state index in [1.807, 2.05) is 26.0 Å². The van der Waals surface area contributed by atoms with E-state index in [2.05, 4.69) is 39.1 Å². The van der Waals surface area contributed by atoms with Crippen LogP contribution >= 0.6 is 22.9 Å². The Kier molecular flexibility index (Phi) is 7.90. The van der Waals surface area contributed by atoms with Crippen LogP contribution in [0.1, 0.15) is 42.7 Å². The molecule has 0 unspecified atom stereocenters. The number of aryl methyl sites for hydroxylation is 1. The number of rotatable bonds is 8. The van der Waals surface area contributed by atoms with Crippen molar-refractivity contribution in [2.24, 2.45) is 0 Å². The third-order valence-electron chi connectivity index (χ3n) is 4.07. The fourth-order valence-corrected chi connectivity index (χ4v) is 3.50. The monoisotopic (exact) mass is 417 g/mol. The topological polar surface area (TPSA) is 79.8 Å². The molecule has 6 nitrogen and oxygen atoms in total. The molecule has 0 aromatic carbocycles. The van der Waals surface area contributed by atoms with Gasteiger partial charge in [-0.25, -0.2) is 15.0 Å². The molecule has 2 aromatic rings. The Hall–Kier alpha value is -2.51. The zero-order valence-corrected chi connectivity index (χ0v) is 18.0. The third kappa shape index (κ3) is 6.00. The summed E-state index contributed by atoms with van der Waals surface area (Å²) in [6.45, 7) is 12.1. The van der Waals surface area contributed by atoms with Gasteiger partial charge in [-0.3, -0.25) is 4.79 Å². The number of nitrogens with one attached hydrogen (secondary N) is 2. The molecule has 2 rings (SSSR count). The smallest absolute Gasteiger partial charge is 0.263 e. The van der Waals surface area contributed by atoms with Gasteiger partial charge in [0.25, 0.3) is 5.91 Å². The lowest BCUT2D eigenvalue weighted by Gasteiger charge is -2.13. The SMILES string of the molecule is C=CC/C(C)=C(CNC(=O)c1cnc(Nc2cc(Cl)nc(C)n2)s1)\C(C)=C/C. The van der Waals surface area contributed by atoms with Gasteiger partial charge in [0, 0.05) is 12.6 Å². The number of amides is 1. The quantitative estimate of drug-likeness (QED) is 0.349. The van der Waals surface area contributed by atoms with E-state index >= 15 is 0 Å². The van der Waals surface area contributed by atoms with E-state index < -0.39 is 0 Å². The lowest BCUT2D eigenvalue weighted by molar-refractivity contribution is 0.0961. The Morgan fingerprint density at radius 1 is 1.36 bits per heavy atom. The van der Waals surface area contributed by atoms with Crippen molar-refractivity contribution in [2.45, 2.75) is 34.1 Å². The highest BCUT2D eigenvalue weighted by Crippen LogP contribution is 2.23. The molecule has 148 valence electrons. The molecule has 1 amide bonds. The number of anilines is 2. The molecular formula is C20H24ClN5OS.